The van der Waals surface area contributed by atoms with Gasteiger partial charge < -0.3 is 5.11 Å². The minimum atomic E-state index is 0.305. The molecular weight excluding hydrogens is 212 g/mol. The molecule has 1 aromatic heterocycles. The summed E-state index contributed by atoms with van der Waals surface area (Å²) in [5, 5.41) is 14.1. The van der Waals surface area contributed by atoms with Crippen LogP contribution in [0, 0.1) is 11.8 Å². The second-order valence-corrected chi connectivity index (χ2v) is 5.57. The number of aliphatic hydroxyl groups is 1. The van der Waals surface area contributed by atoms with Gasteiger partial charge in [0.15, 0.2) is 0 Å². The molecule has 17 heavy (non-hydrogen) atoms. The fourth-order valence-electron chi connectivity index (χ4n) is 2.85. The number of hydrogen-bond acceptors (Lipinski definition) is 2. The van der Waals surface area contributed by atoms with Gasteiger partial charge >= 0.3 is 0 Å². The fraction of sp³-hybridized carbons (Fsp3) is 0.786. The van der Waals surface area contributed by atoms with E-state index in [1.807, 2.05) is 10.9 Å². The van der Waals surface area contributed by atoms with Crippen molar-refractivity contribution in [1.29, 1.82) is 0 Å². The lowest BCUT2D eigenvalue weighted by atomic mass is 9.88. The summed E-state index contributed by atoms with van der Waals surface area (Å²) in [6, 6.07) is 2.51. The molecular formula is C14H24N2O. The van der Waals surface area contributed by atoms with Crippen LogP contribution in [0.25, 0.3) is 0 Å². The van der Waals surface area contributed by atoms with Crippen LogP contribution in [0.4, 0.5) is 0 Å². The van der Waals surface area contributed by atoms with Gasteiger partial charge in [0.25, 0.3) is 0 Å². The Morgan fingerprint density at radius 2 is 2.12 bits per heavy atom. The Labute approximate surface area is 104 Å². The quantitative estimate of drug-likeness (QED) is 0.853. The van der Waals surface area contributed by atoms with Crippen LogP contribution in [-0.4, -0.2) is 21.5 Å². The van der Waals surface area contributed by atoms with Crippen molar-refractivity contribution in [3.8, 4) is 0 Å². The highest BCUT2D eigenvalue weighted by Gasteiger charge is 2.25. The number of aliphatic hydroxyl groups excluding tert-OH is 1. The normalized spacial score (nSPS) is 19.1. The molecule has 3 nitrogen and oxygen atoms in total. The highest BCUT2D eigenvalue weighted by molar-refractivity contribution is 5.01. The molecule has 1 aromatic rings. The summed E-state index contributed by atoms with van der Waals surface area (Å²) in [4.78, 5) is 0. The van der Waals surface area contributed by atoms with E-state index >= 15 is 0 Å². The van der Waals surface area contributed by atoms with E-state index in [0.29, 0.717) is 24.5 Å². The molecule has 1 heterocycles. The minimum Gasteiger partial charge on any atom is -0.396 e. The third-order valence-electron chi connectivity index (χ3n) is 3.96. The summed E-state index contributed by atoms with van der Waals surface area (Å²) in [6.07, 6.45) is 8.22. The van der Waals surface area contributed by atoms with Crippen LogP contribution in [0.3, 0.4) is 0 Å². The first-order valence-electron chi connectivity index (χ1n) is 6.85. The highest BCUT2D eigenvalue weighted by Crippen LogP contribution is 2.32. The molecule has 1 aliphatic rings. The van der Waals surface area contributed by atoms with Crippen LogP contribution >= 0.6 is 0 Å². The van der Waals surface area contributed by atoms with Crippen molar-refractivity contribution < 1.29 is 5.11 Å². The van der Waals surface area contributed by atoms with Crippen molar-refractivity contribution in [3.05, 3.63) is 18.0 Å². The molecule has 0 aliphatic heterocycles. The predicted molar refractivity (Wildman–Crippen MR) is 68.8 cm³/mol. The van der Waals surface area contributed by atoms with Crippen molar-refractivity contribution in [2.75, 3.05) is 6.61 Å². The zero-order valence-corrected chi connectivity index (χ0v) is 11.0. The summed E-state index contributed by atoms with van der Waals surface area (Å²) in [7, 11) is 0. The Morgan fingerprint density at radius 1 is 1.41 bits per heavy atom. The molecule has 0 radical (unpaired) electrons. The van der Waals surface area contributed by atoms with E-state index in [9.17, 15) is 5.11 Å². The van der Waals surface area contributed by atoms with Gasteiger partial charge in [-0.3, -0.25) is 4.68 Å². The molecule has 0 bridgehead atoms. The molecule has 2 rings (SSSR count). The summed E-state index contributed by atoms with van der Waals surface area (Å²) in [6.45, 7) is 4.58. The molecule has 0 spiro atoms. The predicted octanol–water partition coefficient (Wildman–Crippen LogP) is 2.81. The van der Waals surface area contributed by atoms with Gasteiger partial charge in [-0.15, -0.1) is 0 Å². The molecule has 0 amide bonds. The second kappa shape index (κ2) is 5.67. The molecule has 1 atom stereocenters. The highest BCUT2D eigenvalue weighted by atomic mass is 16.3. The van der Waals surface area contributed by atoms with E-state index in [1.165, 1.54) is 25.7 Å². The molecule has 1 aliphatic carbocycles. The number of aromatic nitrogens is 2. The fourth-order valence-corrected chi connectivity index (χ4v) is 2.85. The van der Waals surface area contributed by atoms with Gasteiger partial charge in [-0.2, -0.15) is 5.10 Å². The van der Waals surface area contributed by atoms with E-state index in [-0.39, 0.29) is 0 Å². The molecule has 3 heteroatoms. The Bertz CT molecular complexity index is 340. The zero-order chi connectivity index (χ0) is 12.3. The SMILES string of the molecule is CC(C)n1ccc(CC(CO)C2CCCC2)n1. The van der Waals surface area contributed by atoms with Crippen LogP contribution < -0.4 is 0 Å². The van der Waals surface area contributed by atoms with Gasteiger partial charge in [0.2, 0.25) is 0 Å². The van der Waals surface area contributed by atoms with Crippen molar-refractivity contribution in [2.24, 2.45) is 11.8 Å². The third-order valence-corrected chi connectivity index (χ3v) is 3.96. The molecule has 1 N–H and O–H groups in total. The average Bonchev–Trinajstić information content (AvgIpc) is 2.96. The van der Waals surface area contributed by atoms with Gasteiger partial charge in [0.05, 0.1) is 5.69 Å². The summed E-state index contributed by atoms with van der Waals surface area (Å²) < 4.78 is 2.00. The van der Waals surface area contributed by atoms with Crippen LogP contribution in [0.1, 0.15) is 51.3 Å². The van der Waals surface area contributed by atoms with Crippen molar-refractivity contribution in [2.45, 2.75) is 52.0 Å². The Balaban J connectivity index is 1.97. The molecule has 96 valence electrons. The lowest BCUT2D eigenvalue weighted by molar-refractivity contribution is 0.174. The lowest BCUT2D eigenvalue weighted by Gasteiger charge is -2.20. The lowest BCUT2D eigenvalue weighted by Crippen LogP contribution is -2.19. The maximum absolute atomic E-state index is 9.53. The van der Waals surface area contributed by atoms with Gasteiger partial charge in [-0.05, 0) is 38.2 Å². The van der Waals surface area contributed by atoms with E-state index in [2.05, 4.69) is 25.0 Å². The van der Waals surface area contributed by atoms with Crippen molar-refractivity contribution in [3.63, 3.8) is 0 Å². The van der Waals surface area contributed by atoms with Crippen molar-refractivity contribution in [1.82, 2.24) is 9.78 Å². The van der Waals surface area contributed by atoms with Crippen LogP contribution in [-0.2, 0) is 6.42 Å². The number of rotatable bonds is 5. The van der Waals surface area contributed by atoms with Crippen LogP contribution in [0.5, 0.6) is 0 Å². The number of hydrogen-bond donors (Lipinski definition) is 1. The van der Waals surface area contributed by atoms with Gasteiger partial charge in [0.1, 0.15) is 0 Å². The number of nitrogens with zero attached hydrogens (tertiary/aromatic N) is 2. The molecule has 0 aromatic carbocycles. The first kappa shape index (κ1) is 12.6. The van der Waals surface area contributed by atoms with Gasteiger partial charge in [-0.1, -0.05) is 25.7 Å². The second-order valence-electron chi connectivity index (χ2n) is 5.57. The minimum absolute atomic E-state index is 0.305. The Morgan fingerprint density at radius 3 is 2.65 bits per heavy atom. The standard InChI is InChI=1S/C14H24N2O/c1-11(2)16-8-7-14(15-16)9-13(10-17)12-5-3-4-6-12/h7-8,11-13,17H,3-6,9-10H2,1-2H3. The Hall–Kier alpha value is -0.830. The molecule has 0 saturated heterocycles. The molecule has 1 saturated carbocycles. The maximum atomic E-state index is 9.53. The summed E-state index contributed by atoms with van der Waals surface area (Å²) in [5.41, 5.74) is 1.13. The first-order chi connectivity index (χ1) is 8.20. The van der Waals surface area contributed by atoms with Gasteiger partial charge in [-0.25, -0.2) is 0 Å². The zero-order valence-electron chi connectivity index (χ0n) is 11.0. The largest absolute Gasteiger partial charge is 0.396 e. The van der Waals surface area contributed by atoms with Crippen LogP contribution in [0.2, 0.25) is 0 Å². The van der Waals surface area contributed by atoms with E-state index < -0.39 is 0 Å². The first-order valence-corrected chi connectivity index (χ1v) is 6.85. The van der Waals surface area contributed by atoms with Crippen molar-refractivity contribution >= 4 is 0 Å². The molecule has 1 unspecified atom stereocenters. The van der Waals surface area contributed by atoms with E-state index in [0.717, 1.165) is 12.1 Å². The van der Waals surface area contributed by atoms with E-state index in [4.69, 9.17) is 0 Å². The Kier molecular flexibility index (Phi) is 4.21. The van der Waals surface area contributed by atoms with Gasteiger partial charge in [0, 0.05) is 18.8 Å². The monoisotopic (exact) mass is 236 g/mol. The maximum Gasteiger partial charge on any atom is 0.0628 e. The van der Waals surface area contributed by atoms with Crippen LogP contribution in [0.15, 0.2) is 12.3 Å². The topological polar surface area (TPSA) is 38.0 Å². The average molecular weight is 236 g/mol. The molecule has 1 fully saturated rings. The third kappa shape index (κ3) is 3.09. The summed E-state index contributed by atoms with van der Waals surface area (Å²) in [5.74, 6) is 1.12. The summed E-state index contributed by atoms with van der Waals surface area (Å²) >= 11 is 0. The van der Waals surface area contributed by atoms with E-state index in [1.54, 1.807) is 0 Å². The smallest absolute Gasteiger partial charge is 0.0628 e.